The molecule has 3 nitrogen and oxygen atoms in total. The molecule has 0 bridgehead atoms. The van der Waals surface area contributed by atoms with Crippen LogP contribution in [0.3, 0.4) is 0 Å². The van der Waals surface area contributed by atoms with Gasteiger partial charge in [0.1, 0.15) is 11.0 Å². The van der Waals surface area contributed by atoms with Crippen molar-refractivity contribution in [1.82, 2.24) is 9.55 Å². The van der Waals surface area contributed by atoms with E-state index in [4.69, 9.17) is 23.2 Å². The second-order valence-electron chi connectivity index (χ2n) is 4.75. The maximum absolute atomic E-state index is 12.1. The summed E-state index contributed by atoms with van der Waals surface area (Å²) in [5, 5.41) is 0.827. The standard InChI is InChI=1S/C14H13BrCl2N2O/c1-8(2)14-18-12(17)6-13(20)19(14)7-9-3-4-10(15)5-11(9)16/h3-6,8H,7H2,1-2H3. The molecule has 2 aromatic rings. The zero-order valence-electron chi connectivity index (χ0n) is 11.0. The van der Waals surface area contributed by atoms with Crippen molar-refractivity contribution in [2.24, 2.45) is 0 Å². The van der Waals surface area contributed by atoms with Gasteiger partial charge >= 0.3 is 0 Å². The van der Waals surface area contributed by atoms with E-state index >= 15 is 0 Å². The predicted octanol–water partition coefficient (Wildman–Crippen LogP) is 4.48. The van der Waals surface area contributed by atoms with Crippen LogP contribution in [0.15, 0.2) is 33.5 Å². The largest absolute Gasteiger partial charge is 0.292 e. The molecule has 0 aliphatic carbocycles. The van der Waals surface area contributed by atoms with Gasteiger partial charge in [0, 0.05) is 21.5 Å². The predicted molar refractivity (Wildman–Crippen MR) is 85.9 cm³/mol. The summed E-state index contributed by atoms with van der Waals surface area (Å²) in [7, 11) is 0. The Morgan fingerprint density at radius 2 is 2.00 bits per heavy atom. The first-order valence-electron chi connectivity index (χ1n) is 6.09. The highest BCUT2D eigenvalue weighted by Gasteiger charge is 2.13. The van der Waals surface area contributed by atoms with Crippen LogP contribution in [0.1, 0.15) is 31.2 Å². The van der Waals surface area contributed by atoms with Crippen LogP contribution in [0.25, 0.3) is 0 Å². The Morgan fingerprint density at radius 3 is 2.60 bits per heavy atom. The highest BCUT2D eigenvalue weighted by Crippen LogP contribution is 2.23. The molecular formula is C14H13BrCl2N2O. The van der Waals surface area contributed by atoms with Crippen LogP contribution in [0, 0.1) is 0 Å². The van der Waals surface area contributed by atoms with Crippen LogP contribution in [-0.4, -0.2) is 9.55 Å². The van der Waals surface area contributed by atoms with Gasteiger partial charge in [0.05, 0.1) is 6.54 Å². The molecule has 0 saturated heterocycles. The van der Waals surface area contributed by atoms with Crippen LogP contribution < -0.4 is 5.56 Å². The Hall–Kier alpha value is -0.840. The first-order chi connectivity index (χ1) is 9.38. The third-order valence-corrected chi connectivity index (χ3v) is 3.91. The fraction of sp³-hybridized carbons (Fsp3) is 0.286. The molecule has 0 saturated carbocycles. The van der Waals surface area contributed by atoms with Gasteiger partial charge in [-0.1, -0.05) is 59.0 Å². The molecule has 2 rings (SSSR count). The van der Waals surface area contributed by atoms with Crippen LogP contribution in [0.2, 0.25) is 10.2 Å². The van der Waals surface area contributed by atoms with Crippen molar-refractivity contribution in [1.29, 1.82) is 0 Å². The molecule has 0 unspecified atom stereocenters. The van der Waals surface area contributed by atoms with Gasteiger partial charge in [-0.3, -0.25) is 9.36 Å². The van der Waals surface area contributed by atoms with E-state index < -0.39 is 0 Å². The number of nitrogens with zero attached hydrogens (tertiary/aromatic N) is 2. The van der Waals surface area contributed by atoms with Crippen molar-refractivity contribution in [3.8, 4) is 0 Å². The van der Waals surface area contributed by atoms with Gasteiger partial charge in [-0.15, -0.1) is 0 Å². The maximum Gasteiger partial charge on any atom is 0.255 e. The lowest BCUT2D eigenvalue weighted by Gasteiger charge is -2.15. The van der Waals surface area contributed by atoms with Crippen molar-refractivity contribution < 1.29 is 0 Å². The number of rotatable bonds is 3. The van der Waals surface area contributed by atoms with Crippen molar-refractivity contribution >= 4 is 39.1 Å². The topological polar surface area (TPSA) is 34.9 Å². The number of hydrogen-bond donors (Lipinski definition) is 0. The fourth-order valence-corrected chi connectivity index (χ4v) is 2.83. The molecule has 0 atom stereocenters. The van der Waals surface area contributed by atoms with Crippen LogP contribution in [0.5, 0.6) is 0 Å². The molecule has 6 heteroatoms. The summed E-state index contributed by atoms with van der Waals surface area (Å²) in [5.41, 5.74) is 0.690. The summed E-state index contributed by atoms with van der Waals surface area (Å²) in [6.07, 6.45) is 0. The van der Waals surface area contributed by atoms with Gasteiger partial charge in [0.15, 0.2) is 0 Å². The Labute approximate surface area is 135 Å². The average Bonchev–Trinajstić information content (AvgIpc) is 2.34. The summed E-state index contributed by atoms with van der Waals surface area (Å²) < 4.78 is 2.50. The molecule has 106 valence electrons. The summed E-state index contributed by atoms with van der Waals surface area (Å²) in [6.45, 7) is 4.32. The number of hydrogen-bond acceptors (Lipinski definition) is 2. The van der Waals surface area contributed by atoms with Crippen molar-refractivity contribution in [3.05, 3.63) is 60.7 Å². The molecule has 0 aliphatic heterocycles. The Morgan fingerprint density at radius 1 is 1.30 bits per heavy atom. The first kappa shape index (κ1) is 15.5. The normalized spacial score (nSPS) is 11.1. The van der Waals surface area contributed by atoms with Crippen LogP contribution in [-0.2, 0) is 6.54 Å². The van der Waals surface area contributed by atoms with Gasteiger partial charge in [-0.05, 0) is 17.7 Å². The third kappa shape index (κ3) is 3.43. The van der Waals surface area contributed by atoms with Crippen LogP contribution >= 0.6 is 39.1 Å². The molecule has 0 fully saturated rings. The van der Waals surface area contributed by atoms with E-state index in [9.17, 15) is 4.79 Å². The maximum atomic E-state index is 12.1. The van der Waals surface area contributed by atoms with Crippen molar-refractivity contribution in [2.75, 3.05) is 0 Å². The summed E-state index contributed by atoms with van der Waals surface area (Å²) in [5.74, 6) is 0.747. The molecule has 0 aliphatic rings. The lowest BCUT2D eigenvalue weighted by atomic mass is 10.1. The number of halogens is 3. The Balaban J connectivity index is 2.50. The van der Waals surface area contributed by atoms with Gasteiger partial charge in [-0.25, -0.2) is 4.98 Å². The van der Waals surface area contributed by atoms with E-state index in [1.165, 1.54) is 6.07 Å². The lowest BCUT2D eigenvalue weighted by molar-refractivity contribution is 0.625. The van der Waals surface area contributed by atoms with Crippen LogP contribution in [0.4, 0.5) is 0 Å². The Bertz CT molecular complexity index is 698. The minimum Gasteiger partial charge on any atom is -0.292 e. The van der Waals surface area contributed by atoms with Gasteiger partial charge < -0.3 is 0 Å². The molecule has 1 heterocycles. The van der Waals surface area contributed by atoms with E-state index in [1.54, 1.807) is 10.6 Å². The van der Waals surface area contributed by atoms with Gasteiger partial charge in [-0.2, -0.15) is 0 Å². The van der Waals surface area contributed by atoms with E-state index in [0.717, 1.165) is 10.0 Å². The van der Waals surface area contributed by atoms with Gasteiger partial charge in [0.2, 0.25) is 0 Å². The quantitative estimate of drug-likeness (QED) is 0.741. The molecule has 1 aromatic heterocycles. The van der Waals surface area contributed by atoms with Crippen molar-refractivity contribution in [3.63, 3.8) is 0 Å². The number of aromatic nitrogens is 2. The minimum atomic E-state index is -0.173. The molecule has 0 spiro atoms. The molecule has 0 N–H and O–H groups in total. The molecule has 20 heavy (non-hydrogen) atoms. The van der Waals surface area contributed by atoms with E-state index in [1.807, 2.05) is 26.0 Å². The smallest absolute Gasteiger partial charge is 0.255 e. The van der Waals surface area contributed by atoms with E-state index in [-0.39, 0.29) is 16.6 Å². The second-order valence-corrected chi connectivity index (χ2v) is 6.46. The third-order valence-electron chi connectivity index (χ3n) is 2.87. The second kappa shape index (κ2) is 6.29. The summed E-state index contributed by atoms with van der Waals surface area (Å²) in [6, 6.07) is 6.91. The SMILES string of the molecule is CC(C)c1nc(Cl)cc(=O)n1Cc1ccc(Br)cc1Cl. The average molecular weight is 376 g/mol. The molecule has 0 amide bonds. The van der Waals surface area contributed by atoms with Crippen molar-refractivity contribution in [2.45, 2.75) is 26.3 Å². The highest BCUT2D eigenvalue weighted by atomic mass is 79.9. The van der Waals surface area contributed by atoms with Gasteiger partial charge in [0.25, 0.3) is 5.56 Å². The zero-order chi connectivity index (χ0) is 14.9. The first-order valence-corrected chi connectivity index (χ1v) is 7.64. The Kier molecular flexibility index (Phi) is 4.89. The highest BCUT2D eigenvalue weighted by molar-refractivity contribution is 9.10. The fourth-order valence-electron chi connectivity index (χ4n) is 1.91. The summed E-state index contributed by atoms with van der Waals surface area (Å²) >= 11 is 15.4. The summed E-state index contributed by atoms with van der Waals surface area (Å²) in [4.78, 5) is 16.4. The monoisotopic (exact) mass is 374 g/mol. The van der Waals surface area contributed by atoms with E-state index in [2.05, 4.69) is 20.9 Å². The number of benzene rings is 1. The minimum absolute atomic E-state index is 0.0932. The molecule has 0 radical (unpaired) electrons. The molecule has 1 aromatic carbocycles. The zero-order valence-corrected chi connectivity index (χ0v) is 14.1. The lowest BCUT2D eigenvalue weighted by Crippen LogP contribution is -2.25. The molecular weight excluding hydrogens is 363 g/mol. The van der Waals surface area contributed by atoms with E-state index in [0.29, 0.717) is 17.4 Å².